The number of carbonyl (C=O) groups excluding carboxylic acids is 1. The number of aliphatic carboxylic acids is 1. The molecule has 132 valence electrons. The first-order chi connectivity index (χ1) is 12.1. The third kappa shape index (κ3) is 4.88. The number of amides is 1. The SMILES string of the molecule is O=C(O)CC1SC(=NN=Cc2cccc(C3OCCCO3)c2)NC1=O. The summed E-state index contributed by atoms with van der Waals surface area (Å²) in [5.74, 6) is -1.39. The van der Waals surface area contributed by atoms with Gasteiger partial charge in [0.15, 0.2) is 11.5 Å². The minimum absolute atomic E-state index is 0.247. The average molecular weight is 363 g/mol. The molecule has 0 spiro atoms. The summed E-state index contributed by atoms with van der Waals surface area (Å²) in [5.41, 5.74) is 1.72. The fourth-order valence-corrected chi connectivity index (χ4v) is 3.27. The molecule has 1 aromatic carbocycles. The molecule has 1 unspecified atom stereocenters. The summed E-state index contributed by atoms with van der Waals surface area (Å²) >= 11 is 1.06. The Morgan fingerprint density at radius 2 is 2.20 bits per heavy atom. The number of thioether (sulfide) groups is 1. The molecule has 1 aromatic rings. The average Bonchev–Trinajstić information content (AvgIpc) is 2.95. The van der Waals surface area contributed by atoms with Gasteiger partial charge >= 0.3 is 5.97 Å². The van der Waals surface area contributed by atoms with Crippen LogP contribution in [0.5, 0.6) is 0 Å². The summed E-state index contributed by atoms with van der Waals surface area (Å²) in [6.45, 7) is 1.34. The van der Waals surface area contributed by atoms with Crippen molar-refractivity contribution >= 4 is 35.0 Å². The smallest absolute Gasteiger partial charge is 0.305 e. The number of rotatable bonds is 5. The second kappa shape index (κ2) is 8.24. The lowest BCUT2D eigenvalue weighted by Crippen LogP contribution is -2.26. The molecule has 1 atom stereocenters. The maximum atomic E-state index is 11.6. The van der Waals surface area contributed by atoms with Crippen LogP contribution in [-0.2, 0) is 19.1 Å². The molecule has 2 saturated heterocycles. The molecular formula is C16H17N3O5S. The highest BCUT2D eigenvalue weighted by atomic mass is 32.2. The first kappa shape index (κ1) is 17.6. The maximum Gasteiger partial charge on any atom is 0.305 e. The van der Waals surface area contributed by atoms with Gasteiger partial charge in [-0.25, -0.2) is 0 Å². The van der Waals surface area contributed by atoms with Crippen molar-refractivity contribution in [3.63, 3.8) is 0 Å². The molecule has 0 aliphatic carbocycles. The van der Waals surface area contributed by atoms with Crippen molar-refractivity contribution < 1.29 is 24.2 Å². The number of carboxylic acid groups (broad SMARTS) is 1. The van der Waals surface area contributed by atoms with Crippen LogP contribution in [0.25, 0.3) is 0 Å². The Kier molecular flexibility index (Phi) is 5.79. The van der Waals surface area contributed by atoms with E-state index in [2.05, 4.69) is 15.5 Å². The van der Waals surface area contributed by atoms with Gasteiger partial charge in [-0.3, -0.25) is 9.59 Å². The highest BCUT2D eigenvalue weighted by Crippen LogP contribution is 2.24. The molecule has 9 heteroatoms. The number of nitrogens with zero attached hydrogens (tertiary/aromatic N) is 2. The molecular weight excluding hydrogens is 346 g/mol. The normalized spacial score (nSPS) is 23.3. The number of ether oxygens (including phenoxy) is 2. The first-order valence-electron chi connectivity index (χ1n) is 7.75. The molecule has 2 heterocycles. The van der Waals surface area contributed by atoms with Gasteiger partial charge in [-0.1, -0.05) is 30.0 Å². The molecule has 0 bridgehead atoms. The van der Waals surface area contributed by atoms with Gasteiger partial charge in [0.05, 0.1) is 25.8 Å². The Morgan fingerprint density at radius 1 is 1.40 bits per heavy atom. The number of hydrogen-bond acceptors (Lipinski definition) is 7. The van der Waals surface area contributed by atoms with Crippen LogP contribution < -0.4 is 5.32 Å². The van der Waals surface area contributed by atoms with E-state index in [1.807, 2.05) is 24.3 Å². The Morgan fingerprint density at radius 3 is 2.96 bits per heavy atom. The van der Waals surface area contributed by atoms with E-state index < -0.39 is 11.2 Å². The fraction of sp³-hybridized carbons (Fsp3) is 0.375. The van der Waals surface area contributed by atoms with Crippen LogP contribution in [0, 0.1) is 0 Å². The van der Waals surface area contributed by atoms with Crippen molar-refractivity contribution in [3.8, 4) is 0 Å². The van der Waals surface area contributed by atoms with Gasteiger partial charge in [-0.2, -0.15) is 5.10 Å². The lowest BCUT2D eigenvalue weighted by atomic mass is 10.1. The van der Waals surface area contributed by atoms with E-state index in [-0.39, 0.29) is 18.6 Å². The van der Waals surface area contributed by atoms with Crippen molar-refractivity contribution in [2.45, 2.75) is 24.4 Å². The van der Waals surface area contributed by atoms with Crippen molar-refractivity contribution in [1.29, 1.82) is 0 Å². The largest absolute Gasteiger partial charge is 0.481 e. The van der Waals surface area contributed by atoms with Crippen LogP contribution in [0.3, 0.4) is 0 Å². The van der Waals surface area contributed by atoms with Gasteiger partial charge in [-0.15, -0.1) is 5.10 Å². The molecule has 3 rings (SSSR count). The molecule has 1 amide bonds. The second-order valence-corrected chi connectivity index (χ2v) is 6.63. The van der Waals surface area contributed by atoms with Crippen molar-refractivity contribution in [1.82, 2.24) is 5.32 Å². The maximum absolute atomic E-state index is 11.6. The summed E-state index contributed by atoms with van der Waals surface area (Å²) in [4.78, 5) is 22.3. The van der Waals surface area contributed by atoms with Gasteiger partial charge in [0.25, 0.3) is 0 Å². The quantitative estimate of drug-likeness (QED) is 0.606. The summed E-state index contributed by atoms with van der Waals surface area (Å²) in [5, 5.41) is 18.8. The second-order valence-electron chi connectivity index (χ2n) is 5.44. The highest BCUT2D eigenvalue weighted by Gasteiger charge is 2.32. The lowest BCUT2D eigenvalue weighted by molar-refractivity contribution is -0.183. The van der Waals surface area contributed by atoms with Crippen molar-refractivity contribution in [3.05, 3.63) is 35.4 Å². The fourth-order valence-electron chi connectivity index (χ4n) is 2.36. The summed E-state index contributed by atoms with van der Waals surface area (Å²) in [6, 6.07) is 7.56. The monoisotopic (exact) mass is 363 g/mol. The van der Waals surface area contributed by atoms with Gasteiger partial charge in [0.1, 0.15) is 5.25 Å². The molecule has 0 aromatic heterocycles. The Hall–Kier alpha value is -2.23. The molecule has 2 aliphatic rings. The van der Waals surface area contributed by atoms with Crippen LogP contribution in [-0.4, -0.2) is 46.8 Å². The summed E-state index contributed by atoms with van der Waals surface area (Å²) < 4.78 is 11.1. The van der Waals surface area contributed by atoms with Crippen LogP contribution in [0.2, 0.25) is 0 Å². The Balaban J connectivity index is 1.62. The van der Waals surface area contributed by atoms with E-state index >= 15 is 0 Å². The topological polar surface area (TPSA) is 110 Å². The number of nitrogens with one attached hydrogen (secondary N) is 1. The summed E-state index contributed by atoms with van der Waals surface area (Å²) in [6.07, 6.45) is 1.83. The van der Waals surface area contributed by atoms with E-state index in [1.165, 1.54) is 0 Å². The molecule has 8 nitrogen and oxygen atoms in total. The van der Waals surface area contributed by atoms with E-state index in [9.17, 15) is 9.59 Å². The minimum Gasteiger partial charge on any atom is -0.481 e. The van der Waals surface area contributed by atoms with Crippen LogP contribution in [0.4, 0.5) is 0 Å². The van der Waals surface area contributed by atoms with Crippen LogP contribution in [0.15, 0.2) is 34.5 Å². The molecule has 0 radical (unpaired) electrons. The predicted molar refractivity (Wildman–Crippen MR) is 92.5 cm³/mol. The Bertz CT molecular complexity index is 715. The van der Waals surface area contributed by atoms with Crippen LogP contribution >= 0.6 is 11.8 Å². The highest BCUT2D eigenvalue weighted by molar-refractivity contribution is 8.15. The molecule has 0 saturated carbocycles. The summed E-state index contributed by atoms with van der Waals surface area (Å²) in [7, 11) is 0. The zero-order chi connectivity index (χ0) is 17.6. The van der Waals surface area contributed by atoms with Crippen molar-refractivity contribution in [2.24, 2.45) is 10.2 Å². The number of carbonyl (C=O) groups is 2. The third-order valence-corrected chi connectivity index (χ3v) is 4.57. The number of hydrogen-bond donors (Lipinski definition) is 2. The standard InChI is InChI=1S/C16H17N3O5S/c20-13(21)8-12-14(22)18-16(25-12)19-17-9-10-3-1-4-11(7-10)15-23-5-2-6-24-15/h1,3-4,7,9,12,15H,2,5-6,8H2,(H,20,21)(H,18,19,22). The van der Waals surface area contributed by atoms with E-state index in [0.29, 0.717) is 18.4 Å². The predicted octanol–water partition coefficient (Wildman–Crippen LogP) is 1.52. The number of amidine groups is 1. The van der Waals surface area contributed by atoms with Crippen LogP contribution in [0.1, 0.15) is 30.3 Å². The first-order valence-corrected chi connectivity index (χ1v) is 8.63. The van der Waals surface area contributed by atoms with Crippen molar-refractivity contribution in [2.75, 3.05) is 13.2 Å². The van der Waals surface area contributed by atoms with Gasteiger partial charge in [0.2, 0.25) is 5.91 Å². The zero-order valence-electron chi connectivity index (χ0n) is 13.3. The van der Waals surface area contributed by atoms with E-state index in [4.69, 9.17) is 14.6 Å². The number of carboxylic acids is 1. The molecule has 25 heavy (non-hydrogen) atoms. The van der Waals surface area contributed by atoms with Gasteiger partial charge in [-0.05, 0) is 18.1 Å². The third-order valence-electron chi connectivity index (χ3n) is 3.50. The molecule has 2 N–H and O–H groups in total. The van der Waals surface area contributed by atoms with E-state index in [1.54, 1.807) is 6.21 Å². The minimum atomic E-state index is -1.03. The van der Waals surface area contributed by atoms with Gasteiger partial charge in [0, 0.05) is 5.56 Å². The number of benzene rings is 1. The molecule has 2 fully saturated rings. The Labute approximate surface area is 148 Å². The van der Waals surface area contributed by atoms with Gasteiger partial charge < -0.3 is 19.9 Å². The molecule has 2 aliphatic heterocycles. The van der Waals surface area contributed by atoms with E-state index in [0.717, 1.165) is 29.3 Å². The lowest BCUT2D eigenvalue weighted by Gasteiger charge is -2.23. The zero-order valence-corrected chi connectivity index (χ0v) is 14.1.